The summed E-state index contributed by atoms with van der Waals surface area (Å²) in [6, 6.07) is 0. The fourth-order valence-electron chi connectivity index (χ4n) is 0.396. The molecule has 0 saturated carbocycles. The maximum atomic E-state index is 9.98. The Morgan fingerprint density at radius 1 is 1.20 bits per heavy atom. The normalized spacial score (nSPS) is 10.6. The Bertz CT molecular complexity index is 153. The van der Waals surface area contributed by atoms with E-state index in [2.05, 4.69) is 0 Å². The quantitative estimate of drug-likeness (QED) is 0.315. The molecule has 0 heterocycles. The van der Waals surface area contributed by atoms with Gasteiger partial charge in [0.15, 0.2) is 17.4 Å². The van der Waals surface area contributed by atoms with E-state index in [-0.39, 0.29) is 29.7 Å². The van der Waals surface area contributed by atoms with Gasteiger partial charge in [0.2, 0.25) is 0 Å². The second-order valence-corrected chi connectivity index (χ2v) is 3.29. The van der Waals surface area contributed by atoms with Crippen LogP contribution < -0.4 is 0 Å². The Morgan fingerprint density at radius 3 is 2.00 bits per heavy atom. The molecule has 0 fully saturated rings. The maximum Gasteiger partial charge on any atom is 0.264 e. The van der Waals surface area contributed by atoms with Gasteiger partial charge in [0, 0.05) is 6.61 Å². The van der Waals surface area contributed by atoms with Crippen molar-refractivity contribution in [3.8, 4) is 0 Å². The SMILES string of the molecule is O=S(=O)(O)CCCCO.[AlH3]. The molecule has 0 radical (unpaired) electrons. The number of hydrogen-bond acceptors (Lipinski definition) is 3. The molecule has 0 aromatic heterocycles. The minimum atomic E-state index is -3.81. The number of aliphatic hydroxyl groups is 1. The zero-order valence-corrected chi connectivity index (χ0v) is 5.76. The van der Waals surface area contributed by atoms with Crippen LogP contribution in [-0.2, 0) is 10.1 Å². The van der Waals surface area contributed by atoms with E-state index in [0.29, 0.717) is 12.8 Å². The van der Waals surface area contributed by atoms with Crippen molar-refractivity contribution in [2.45, 2.75) is 12.8 Å². The van der Waals surface area contributed by atoms with Gasteiger partial charge >= 0.3 is 0 Å². The molecule has 2 N–H and O–H groups in total. The zero-order chi connectivity index (χ0) is 7.33. The molecule has 62 valence electrons. The highest BCUT2D eigenvalue weighted by Crippen LogP contribution is 1.91. The molecule has 4 nitrogen and oxygen atoms in total. The van der Waals surface area contributed by atoms with E-state index in [4.69, 9.17) is 9.66 Å². The summed E-state index contributed by atoms with van der Waals surface area (Å²) < 4.78 is 28.1. The van der Waals surface area contributed by atoms with Crippen molar-refractivity contribution in [2.75, 3.05) is 12.4 Å². The lowest BCUT2D eigenvalue weighted by Gasteiger charge is -1.92. The zero-order valence-electron chi connectivity index (χ0n) is 4.95. The third-order valence-corrected chi connectivity index (χ3v) is 1.61. The van der Waals surface area contributed by atoms with Gasteiger partial charge in [0.1, 0.15) is 0 Å². The summed E-state index contributed by atoms with van der Waals surface area (Å²) in [6.45, 7) is -0.0322. The van der Waals surface area contributed by atoms with Crippen LogP contribution in [0.15, 0.2) is 0 Å². The van der Waals surface area contributed by atoms with E-state index in [1.165, 1.54) is 0 Å². The van der Waals surface area contributed by atoms with Crippen LogP contribution in [-0.4, -0.2) is 47.8 Å². The van der Waals surface area contributed by atoms with E-state index in [0.717, 1.165) is 0 Å². The predicted molar refractivity (Wildman–Crippen MR) is 42.7 cm³/mol. The Balaban J connectivity index is 0. The van der Waals surface area contributed by atoms with E-state index >= 15 is 0 Å². The Kier molecular flexibility index (Phi) is 7.99. The summed E-state index contributed by atoms with van der Waals surface area (Å²) in [5.74, 6) is -0.256. The van der Waals surface area contributed by atoms with Crippen LogP contribution in [0.5, 0.6) is 0 Å². The number of rotatable bonds is 4. The lowest BCUT2D eigenvalue weighted by atomic mass is 10.4. The van der Waals surface area contributed by atoms with Crippen LogP contribution in [0.25, 0.3) is 0 Å². The van der Waals surface area contributed by atoms with Crippen molar-refractivity contribution in [1.82, 2.24) is 0 Å². The van der Waals surface area contributed by atoms with Crippen LogP contribution in [0, 0.1) is 0 Å². The molecule has 0 atom stereocenters. The molecule has 0 spiro atoms. The molecule has 0 bridgehead atoms. The Morgan fingerprint density at radius 2 is 1.70 bits per heavy atom. The second kappa shape index (κ2) is 6.13. The van der Waals surface area contributed by atoms with E-state index in [1.54, 1.807) is 0 Å². The first-order valence-electron chi connectivity index (χ1n) is 2.62. The molecule has 0 aromatic carbocycles. The monoisotopic (exact) mass is 184 g/mol. The minimum Gasteiger partial charge on any atom is -0.396 e. The lowest BCUT2D eigenvalue weighted by Crippen LogP contribution is -2.03. The Hall–Kier alpha value is 0.402. The number of aliphatic hydroxyl groups excluding tert-OH is 1. The van der Waals surface area contributed by atoms with E-state index in [9.17, 15) is 8.42 Å². The van der Waals surface area contributed by atoms with Crippen LogP contribution in [0.3, 0.4) is 0 Å². The fraction of sp³-hybridized carbons (Fsp3) is 1.00. The highest BCUT2D eigenvalue weighted by Gasteiger charge is 2.01. The summed E-state index contributed by atoms with van der Waals surface area (Å²) in [7, 11) is -3.81. The van der Waals surface area contributed by atoms with Gasteiger partial charge in [-0.2, -0.15) is 8.42 Å². The van der Waals surface area contributed by atoms with Gasteiger partial charge in [-0.3, -0.25) is 4.55 Å². The molecule has 6 heteroatoms. The van der Waals surface area contributed by atoms with Crippen molar-refractivity contribution >= 4 is 27.5 Å². The highest BCUT2D eigenvalue weighted by atomic mass is 32.2. The number of hydrogen-bond donors (Lipinski definition) is 2. The molecule has 0 unspecified atom stereocenters. The first-order valence-corrected chi connectivity index (χ1v) is 4.23. The van der Waals surface area contributed by atoms with Gasteiger partial charge in [-0.25, -0.2) is 0 Å². The average molecular weight is 184 g/mol. The summed E-state index contributed by atoms with van der Waals surface area (Å²) in [5, 5.41) is 8.19. The standard InChI is InChI=1S/C4H10O4S.Al.3H/c5-3-1-2-4-9(6,7)8;;;;/h5H,1-4H2,(H,6,7,8);;;;. The van der Waals surface area contributed by atoms with Crippen LogP contribution >= 0.6 is 0 Å². The third-order valence-electron chi connectivity index (χ3n) is 0.810. The van der Waals surface area contributed by atoms with Gasteiger partial charge in [-0.05, 0) is 12.8 Å². The first-order chi connectivity index (χ1) is 4.06. The third kappa shape index (κ3) is 11.2. The van der Waals surface area contributed by atoms with Crippen molar-refractivity contribution in [1.29, 1.82) is 0 Å². The molecule has 0 aliphatic carbocycles. The van der Waals surface area contributed by atoms with Crippen LogP contribution in [0.1, 0.15) is 12.8 Å². The van der Waals surface area contributed by atoms with Crippen molar-refractivity contribution in [2.24, 2.45) is 0 Å². The smallest absolute Gasteiger partial charge is 0.264 e. The summed E-state index contributed by atoms with van der Waals surface area (Å²) >= 11 is 0. The van der Waals surface area contributed by atoms with Crippen molar-refractivity contribution in [3.63, 3.8) is 0 Å². The summed E-state index contributed by atoms with van der Waals surface area (Å²) in [5.41, 5.74) is 0. The molecule has 0 rings (SSSR count). The molecule has 10 heavy (non-hydrogen) atoms. The maximum absolute atomic E-state index is 9.98. The fourth-order valence-corrected chi connectivity index (χ4v) is 0.965. The molecule has 0 saturated heterocycles. The molecule has 0 aromatic rings. The lowest BCUT2D eigenvalue weighted by molar-refractivity contribution is 0.287. The molecule has 0 aliphatic rings. The molecule has 0 aliphatic heterocycles. The van der Waals surface area contributed by atoms with Crippen molar-refractivity contribution < 1.29 is 18.1 Å². The molecular weight excluding hydrogens is 171 g/mol. The highest BCUT2D eigenvalue weighted by molar-refractivity contribution is 7.85. The molecule has 0 amide bonds. The molecular formula is C4H13AlO4S. The Labute approximate surface area is 71.1 Å². The second-order valence-electron chi connectivity index (χ2n) is 1.72. The summed E-state index contributed by atoms with van der Waals surface area (Å²) in [6.07, 6.45) is 0.731. The predicted octanol–water partition coefficient (Wildman–Crippen LogP) is -1.54. The van der Waals surface area contributed by atoms with Gasteiger partial charge in [-0.15, -0.1) is 0 Å². The van der Waals surface area contributed by atoms with E-state index < -0.39 is 10.1 Å². The van der Waals surface area contributed by atoms with Gasteiger partial charge < -0.3 is 5.11 Å². The van der Waals surface area contributed by atoms with Crippen LogP contribution in [0.4, 0.5) is 0 Å². The largest absolute Gasteiger partial charge is 0.396 e. The topological polar surface area (TPSA) is 74.6 Å². The van der Waals surface area contributed by atoms with Gasteiger partial charge in [0.05, 0.1) is 5.75 Å². The van der Waals surface area contributed by atoms with Gasteiger partial charge in [-0.1, -0.05) is 0 Å². The van der Waals surface area contributed by atoms with E-state index in [1.807, 2.05) is 0 Å². The minimum absolute atomic E-state index is 0. The first kappa shape index (κ1) is 13.0. The summed E-state index contributed by atoms with van der Waals surface area (Å²) in [4.78, 5) is 0. The van der Waals surface area contributed by atoms with Gasteiger partial charge in [0.25, 0.3) is 10.1 Å². The average Bonchev–Trinajstić information content (AvgIpc) is 1.63. The number of unbranched alkanes of at least 4 members (excludes halogenated alkanes) is 1. The van der Waals surface area contributed by atoms with Crippen molar-refractivity contribution in [3.05, 3.63) is 0 Å². The van der Waals surface area contributed by atoms with Crippen LogP contribution in [0.2, 0.25) is 0 Å².